The highest BCUT2D eigenvalue weighted by Crippen LogP contribution is 2.38. The van der Waals surface area contributed by atoms with Crippen molar-refractivity contribution in [3.8, 4) is 11.5 Å². The Hall–Kier alpha value is -2.19. The van der Waals surface area contributed by atoms with Gasteiger partial charge in [0.15, 0.2) is 11.5 Å². The molecule has 0 spiro atoms. The van der Waals surface area contributed by atoms with E-state index in [-0.39, 0.29) is 28.5 Å². The van der Waals surface area contributed by atoms with E-state index in [2.05, 4.69) is 10.2 Å². The first-order valence-electron chi connectivity index (χ1n) is 7.43. The average molecular weight is 323 g/mol. The molecule has 0 bridgehead atoms. The fraction of sp³-hybridized carbons (Fsp3) is 0.533. The topological polar surface area (TPSA) is 93.9 Å². The standard InChI is InChI=1S/C15H21N3O5/c1-22-14-10-11(9-12(18(20)21)15(14)23-2)13(19)3-6-17-7-4-16-5-8-17/h9-10,16H,3-8H2,1-2H3. The molecule has 0 saturated carbocycles. The molecule has 8 heteroatoms. The Balaban J connectivity index is 2.15. The summed E-state index contributed by atoms with van der Waals surface area (Å²) in [6.07, 6.45) is 0.312. The number of rotatable bonds is 7. The van der Waals surface area contributed by atoms with Crippen molar-refractivity contribution < 1.29 is 19.2 Å². The van der Waals surface area contributed by atoms with Crippen LogP contribution in [0.5, 0.6) is 11.5 Å². The summed E-state index contributed by atoms with van der Waals surface area (Å²) in [6, 6.07) is 2.74. The third-order valence-electron chi connectivity index (χ3n) is 3.84. The number of hydrogen-bond acceptors (Lipinski definition) is 7. The zero-order valence-corrected chi connectivity index (χ0v) is 13.3. The monoisotopic (exact) mass is 323 g/mol. The molecule has 2 rings (SSSR count). The maximum Gasteiger partial charge on any atom is 0.315 e. The van der Waals surface area contributed by atoms with Crippen molar-refractivity contribution in [2.24, 2.45) is 0 Å². The van der Waals surface area contributed by atoms with Crippen LogP contribution < -0.4 is 14.8 Å². The van der Waals surface area contributed by atoms with Crippen molar-refractivity contribution in [1.82, 2.24) is 10.2 Å². The Bertz CT molecular complexity index is 585. The predicted octanol–water partition coefficient (Wildman–Crippen LogP) is 1.09. The number of ether oxygens (including phenoxy) is 2. The molecular formula is C15H21N3O5. The van der Waals surface area contributed by atoms with E-state index in [4.69, 9.17) is 9.47 Å². The van der Waals surface area contributed by atoms with E-state index < -0.39 is 4.92 Å². The maximum atomic E-state index is 12.4. The van der Waals surface area contributed by atoms with Gasteiger partial charge in [-0.25, -0.2) is 0 Å². The number of piperazine rings is 1. The van der Waals surface area contributed by atoms with Crippen molar-refractivity contribution in [2.45, 2.75) is 6.42 Å². The van der Waals surface area contributed by atoms with Crippen LogP contribution in [0.25, 0.3) is 0 Å². The minimum absolute atomic E-state index is 0.0242. The average Bonchev–Trinajstić information content (AvgIpc) is 2.59. The fourth-order valence-electron chi connectivity index (χ4n) is 2.58. The quantitative estimate of drug-likeness (QED) is 0.456. The summed E-state index contributed by atoms with van der Waals surface area (Å²) in [7, 11) is 2.72. The van der Waals surface area contributed by atoms with Gasteiger partial charge in [-0.15, -0.1) is 0 Å². The number of nitrogens with one attached hydrogen (secondary N) is 1. The van der Waals surface area contributed by atoms with E-state index >= 15 is 0 Å². The smallest absolute Gasteiger partial charge is 0.315 e. The minimum atomic E-state index is -0.575. The number of benzene rings is 1. The zero-order valence-electron chi connectivity index (χ0n) is 13.3. The Morgan fingerprint density at radius 3 is 2.57 bits per heavy atom. The van der Waals surface area contributed by atoms with Crippen LogP contribution >= 0.6 is 0 Å². The van der Waals surface area contributed by atoms with Gasteiger partial charge in [-0.2, -0.15) is 0 Å². The van der Waals surface area contributed by atoms with Crippen LogP contribution in [0.4, 0.5) is 5.69 Å². The van der Waals surface area contributed by atoms with E-state index in [1.807, 2.05) is 0 Å². The zero-order chi connectivity index (χ0) is 16.8. The normalized spacial score (nSPS) is 15.2. The Kier molecular flexibility index (Phi) is 5.89. The number of carbonyl (C=O) groups excluding carboxylic acids is 1. The summed E-state index contributed by atoms with van der Waals surface area (Å²) in [4.78, 5) is 25.2. The van der Waals surface area contributed by atoms with Crippen LogP contribution in [0, 0.1) is 10.1 Å². The molecule has 0 atom stereocenters. The summed E-state index contributed by atoms with van der Waals surface area (Å²) in [5.74, 6) is 0.0657. The molecular weight excluding hydrogens is 302 g/mol. The summed E-state index contributed by atoms with van der Waals surface area (Å²) >= 11 is 0. The van der Waals surface area contributed by atoms with Crippen molar-refractivity contribution in [2.75, 3.05) is 46.9 Å². The largest absolute Gasteiger partial charge is 0.493 e. The highest BCUT2D eigenvalue weighted by atomic mass is 16.6. The van der Waals surface area contributed by atoms with Gasteiger partial charge >= 0.3 is 5.69 Å². The molecule has 0 aromatic heterocycles. The van der Waals surface area contributed by atoms with Crippen molar-refractivity contribution >= 4 is 11.5 Å². The Morgan fingerprint density at radius 2 is 2.00 bits per heavy atom. The van der Waals surface area contributed by atoms with Crippen LogP contribution in [-0.4, -0.2) is 62.5 Å². The van der Waals surface area contributed by atoms with E-state index in [1.165, 1.54) is 26.4 Å². The molecule has 0 aliphatic carbocycles. The number of nitro benzene ring substituents is 1. The van der Waals surface area contributed by atoms with Gasteiger partial charge in [0.2, 0.25) is 5.75 Å². The van der Waals surface area contributed by atoms with E-state index in [1.54, 1.807) is 0 Å². The Morgan fingerprint density at radius 1 is 1.30 bits per heavy atom. The van der Waals surface area contributed by atoms with Gasteiger partial charge in [0, 0.05) is 50.8 Å². The second kappa shape index (κ2) is 7.89. The van der Waals surface area contributed by atoms with Gasteiger partial charge in [0.25, 0.3) is 0 Å². The van der Waals surface area contributed by atoms with Gasteiger partial charge in [-0.1, -0.05) is 0 Å². The van der Waals surface area contributed by atoms with Gasteiger partial charge in [-0.05, 0) is 6.07 Å². The van der Waals surface area contributed by atoms with Crippen LogP contribution in [0.1, 0.15) is 16.8 Å². The van der Waals surface area contributed by atoms with E-state index in [0.29, 0.717) is 13.0 Å². The van der Waals surface area contributed by atoms with Gasteiger partial charge in [0.05, 0.1) is 19.1 Å². The SMILES string of the molecule is COc1cc(C(=O)CCN2CCNCC2)cc([N+](=O)[O-])c1OC. The molecule has 1 aromatic rings. The number of ketones is 1. The molecule has 1 saturated heterocycles. The highest BCUT2D eigenvalue weighted by Gasteiger charge is 2.24. The predicted molar refractivity (Wildman–Crippen MR) is 84.5 cm³/mol. The molecule has 1 aromatic carbocycles. The number of nitrogens with zero attached hydrogens (tertiary/aromatic N) is 2. The van der Waals surface area contributed by atoms with Crippen molar-refractivity contribution in [3.63, 3.8) is 0 Å². The van der Waals surface area contributed by atoms with Gasteiger partial charge < -0.3 is 19.7 Å². The van der Waals surface area contributed by atoms with E-state index in [9.17, 15) is 14.9 Å². The molecule has 8 nitrogen and oxygen atoms in total. The van der Waals surface area contributed by atoms with E-state index in [0.717, 1.165) is 26.2 Å². The lowest BCUT2D eigenvalue weighted by atomic mass is 10.1. The molecule has 1 fully saturated rings. The molecule has 1 aliphatic heterocycles. The lowest BCUT2D eigenvalue weighted by Gasteiger charge is -2.26. The molecule has 0 amide bonds. The lowest BCUT2D eigenvalue weighted by molar-refractivity contribution is -0.385. The third-order valence-corrected chi connectivity index (χ3v) is 3.84. The van der Waals surface area contributed by atoms with Gasteiger partial charge in [-0.3, -0.25) is 14.9 Å². The fourth-order valence-corrected chi connectivity index (χ4v) is 2.58. The maximum absolute atomic E-state index is 12.4. The van der Waals surface area contributed by atoms with Crippen LogP contribution in [0.15, 0.2) is 12.1 Å². The number of methoxy groups -OCH3 is 2. The second-order valence-corrected chi connectivity index (χ2v) is 5.25. The number of carbonyl (C=O) groups is 1. The van der Waals surface area contributed by atoms with Crippen molar-refractivity contribution in [3.05, 3.63) is 27.8 Å². The first-order valence-corrected chi connectivity index (χ1v) is 7.43. The first kappa shape index (κ1) is 17.2. The summed E-state index contributed by atoms with van der Waals surface area (Å²) in [6.45, 7) is 4.27. The Labute approximate surface area is 134 Å². The minimum Gasteiger partial charge on any atom is -0.493 e. The third kappa shape index (κ3) is 4.17. The molecule has 126 valence electrons. The lowest BCUT2D eigenvalue weighted by Crippen LogP contribution is -2.44. The molecule has 1 aliphatic rings. The number of hydrogen-bond donors (Lipinski definition) is 1. The molecule has 1 N–H and O–H groups in total. The second-order valence-electron chi connectivity index (χ2n) is 5.25. The summed E-state index contributed by atoms with van der Waals surface area (Å²) in [5, 5.41) is 14.4. The highest BCUT2D eigenvalue weighted by molar-refractivity contribution is 5.97. The number of nitro groups is 1. The number of Topliss-reactive ketones (excluding diaryl/α,β-unsaturated/α-hetero) is 1. The molecule has 23 heavy (non-hydrogen) atoms. The molecule has 1 heterocycles. The first-order chi connectivity index (χ1) is 11.1. The van der Waals surface area contributed by atoms with Crippen molar-refractivity contribution in [1.29, 1.82) is 0 Å². The van der Waals surface area contributed by atoms with Crippen LogP contribution in [0.2, 0.25) is 0 Å². The summed E-state index contributed by atoms with van der Waals surface area (Å²) in [5.41, 5.74) is 0.00172. The molecule has 0 radical (unpaired) electrons. The molecule has 0 unspecified atom stereocenters. The van der Waals surface area contributed by atoms with Crippen LogP contribution in [-0.2, 0) is 0 Å². The van der Waals surface area contributed by atoms with Crippen LogP contribution in [0.3, 0.4) is 0 Å². The van der Waals surface area contributed by atoms with Gasteiger partial charge in [0.1, 0.15) is 0 Å². The summed E-state index contributed by atoms with van der Waals surface area (Å²) < 4.78 is 10.1.